The summed E-state index contributed by atoms with van der Waals surface area (Å²) in [5.74, 6) is -0.712. The van der Waals surface area contributed by atoms with Crippen LogP contribution < -0.4 is 5.32 Å². The van der Waals surface area contributed by atoms with Crippen LogP contribution in [0.2, 0.25) is 0 Å². The van der Waals surface area contributed by atoms with E-state index in [1.807, 2.05) is 59.8 Å². The van der Waals surface area contributed by atoms with Crippen LogP contribution in [-0.4, -0.2) is 35.7 Å². The van der Waals surface area contributed by atoms with E-state index in [1.54, 1.807) is 0 Å². The van der Waals surface area contributed by atoms with E-state index < -0.39 is 11.9 Å². The third-order valence-corrected chi connectivity index (χ3v) is 3.22. The number of hydrogen-bond acceptors (Lipinski definition) is 3. The van der Waals surface area contributed by atoms with Crippen molar-refractivity contribution in [3.63, 3.8) is 0 Å². The van der Waals surface area contributed by atoms with Gasteiger partial charge in [-0.15, -0.1) is 0 Å². The summed E-state index contributed by atoms with van der Waals surface area (Å²) in [6.45, 7) is 16.0. The zero-order chi connectivity index (χ0) is 19.1. The van der Waals surface area contributed by atoms with Gasteiger partial charge in [0.25, 0.3) is 0 Å². The minimum absolute atomic E-state index is 0.251. The van der Waals surface area contributed by atoms with Gasteiger partial charge in [0, 0.05) is 13.0 Å². The van der Waals surface area contributed by atoms with E-state index in [9.17, 15) is 14.4 Å². The monoisotopic (exact) mass is 336 g/mol. The van der Waals surface area contributed by atoms with Crippen molar-refractivity contribution in [2.75, 3.05) is 6.54 Å². The minimum atomic E-state index is -0.600. The molecule has 3 amide bonds. The van der Waals surface area contributed by atoms with Crippen LogP contribution in [0.3, 0.4) is 0 Å². The van der Waals surface area contributed by atoms with Gasteiger partial charge in [0.15, 0.2) is 0 Å². The van der Waals surface area contributed by atoms with E-state index in [0.29, 0.717) is 12.8 Å². The summed E-state index contributed by atoms with van der Waals surface area (Å²) in [5.41, 5.74) is 1.71. The van der Waals surface area contributed by atoms with Gasteiger partial charge in [-0.3, -0.25) is 19.7 Å². The Bertz CT molecular complexity index is 479. The van der Waals surface area contributed by atoms with Crippen molar-refractivity contribution in [1.82, 2.24) is 10.2 Å². The second kappa shape index (κ2) is 14.4. The van der Waals surface area contributed by atoms with Crippen LogP contribution in [0.4, 0.5) is 0 Å². The Balaban J connectivity index is 0. The quantitative estimate of drug-likeness (QED) is 0.459. The molecule has 1 fully saturated rings. The highest BCUT2D eigenvalue weighted by molar-refractivity contribution is 6.00. The summed E-state index contributed by atoms with van der Waals surface area (Å²) >= 11 is 0. The largest absolute Gasteiger partial charge is 0.329 e. The van der Waals surface area contributed by atoms with Crippen LogP contribution in [-0.2, 0) is 14.4 Å². The van der Waals surface area contributed by atoms with Crippen molar-refractivity contribution < 1.29 is 14.4 Å². The van der Waals surface area contributed by atoms with Crippen molar-refractivity contribution >= 4 is 18.2 Å². The molecule has 0 radical (unpaired) electrons. The molecule has 5 nitrogen and oxygen atoms in total. The van der Waals surface area contributed by atoms with Crippen molar-refractivity contribution in [2.24, 2.45) is 0 Å². The standard InChI is InChI=1S/C15H20N2O3.2C2H6/c1-4-5-6-11(2)12(3)9-17(10-18)13-7-8-14(19)16-15(13)20;2*1-2/h4-6,10,13H,3,7-9H2,1-2H3,(H,16,19,20);2*1-2H3/b5-4-,11-6-;;. The molecule has 0 aromatic rings. The molecular weight excluding hydrogens is 304 g/mol. The molecule has 1 rings (SSSR count). The molecule has 0 aromatic carbocycles. The number of amides is 3. The highest BCUT2D eigenvalue weighted by Crippen LogP contribution is 2.15. The third-order valence-electron chi connectivity index (χ3n) is 3.22. The van der Waals surface area contributed by atoms with Gasteiger partial charge >= 0.3 is 0 Å². The van der Waals surface area contributed by atoms with E-state index in [2.05, 4.69) is 11.9 Å². The number of imide groups is 1. The molecule has 1 unspecified atom stereocenters. The maximum absolute atomic E-state index is 11.7. The fourth-order valence-electron chi connectivity index (χ4n) is 1.92. The predicted octanol–water partition coefficient (Wildman–Crippen LogP) is 3.38. The number of hydrogen-bond donors (Lipinski definition) is 1. The average molecular weight is 336 g/mol. The molecular formula is C19H32N2O3. The summed E-state index contributed by atoms with van der Waals surface area (Å²) in [5, 5.41) is 2.25. The van der Waals surface area contributed by atoms with E-state index >= 15 is 0 Å². The SMILES string of the molecule is C=C(CN(C=O)C1CCC(=O)NC1=O)/C(C)=C\C=C/C.CC.CC. The third kappa shape index (κ3) is 8.46. The second-order valence-corrected chi connectivity index (χ2v) is 4.72. The molecule has 1 saturated heterocycles. The summed E-state index contributed by atoms with van der Waals surface area (Å²) in [6, 6.07) is -0.600. The van der Waals surface area contributed by atoms with E-state index in [0.717, 1.165) is 11.1 Å². The highest BCUT2D eigenvalue weighted by Gasteiger charge is 2.31. The van der Waals surface area contributed by atoms with Crippen molar-refractivity contribution in [3.8, 4) is 0 Å². The molecule has 1 aliphatic heterocycles. The van der Waals surface area contributed by atoms with Crippen LogP contribution in [0, 0.1) is 0 Å². The molecule has 1 aliphatic rings. The summed E-state index contributed by atoms with van der Waals surface area (Å²) < 4.78 is 0. The highest BCUT2D eigenvalue weighted by atomic mass is 16.2. The van der Waals surface area contributed by atoms with Crippen LogP contribution in [0.1, 0.15) is 54.4 Å². The van der Waals surface area contributed by atoms with Gasteiger partial charge in [0.1, 0.15) is 6.04 Å². The molecule has 1 heterocycles. The number of nitrogens with one attached hydrogen (secondary N) is 1. The van der Waals surface area contributed by atoms with Crippen LogP contribution in [0.25, 0.3) is 0 Å². The predicted molar refractivity (Wildman–Crippen MR) is 99.3 cm³/mol. The molecule has 0 aromatic heterocycles. The Kier molecular flexibility index (Phi) is 14.5. The topological polar surface area (TPSA) is 66.5 Å². The zero-order valence-corrected chi connectivity index (χ0v) is 15.9. The number of piperidine rings is 1. The Morgan fingerprint density at radius 2 is 1.88 bits per heavy atom. The Hall–Kier alpha value is -2.17. The van der Waals surface area contributed by atoms with Gasteiger partial charge in [-0.25, -0.2) is 0 Å². The van der Waals surface area contributed by atoms with Crippen molar-refractivity contribution in [1.29, 1.82) is 0 Å². The van der Waals surface area contributed by atoms with Gasteiger partial charge in [0.05, 0.1) is 0 Å². The minimum Gasteiger partial charge on any atom is -0.329 e. The van der Waals surface area contributed by atoms with Gasteiger partial charge in [0.2, 0.25) is 18.2 Å². The first-order valence-corrected chi connectivity index (χ1v) is 8.52. The Labute approximate surface area is 146 Å². The normalized spacial score (nSPS) is 17.1. The first-order chi connectivity index (χ1) is 11.5. The fraction of sp³-hybridized carbons (Fsp3) is 0.526. The first-order valence-electron chi connectivity index (χ1n) is 8.52. The molecule has 1 atom stereocenters. The summed E-state index contributed by atoms with van der Waals surface area (Å²) in [7, 11) is 0. The second-order valence-electron chi connectivity index (χ2n) is 4.72. The van der Waals surface area contributed by atoms with E-state index in [1.165, 1.54) is 4.90 Å². The lowest BCUT2D eigenvalue weighted by atomic mass is 10.0. The van der Waals surface area contributed by atoms with Gasteiger partial charge in [-0.05, 0) is 31.4 Å². The van der Waals surface area contributed by atoms with Gasteiger partial charge < -0.3 is 4.90 Å². The van der Waals surface area contributed by atoms with Crippen molar-refractivity contribution in [2.45, 2.75) is 60.4 Å². The lowest BCUT2D eigenvalue weighted by molar-refractivity contribution is -0.140. The summed E-state index contributed by atoms with van der Waals surface area (Å²) in [6.07, 6.45) is 6.92. The lowest BCUT2D eigenvalue weighted by Crippen LogP contribution is -2.52. The number of carbonyl (C=O) groups excluding carboxylic acids is 3. The van der Waals surface area contributed by atoms with Crippen LogP contribution in [0.5, 0.6) is 0 Å². The van der Waals surface area contributed by atoms with E-state index in [4.69, 9.17) is 0 Å². The maximum atomic E-state index is 11.7. The lowest BCUT2D eigenvalue weighted by Gasteiger charge is -2.30. The van der Waals surface area contributed by atoms with E-state index in [-0.39, 0.29) is 18.9 Å². The summed E-state index contributed by atoms with van der Waals surface area (Å²) in [4.78, 5) is 35.4. The molecule has 0 bridgehead atoms. The fourth-order valence-corrected chi connectivity index (χ4v) is 1.92. The van der Waals surface area contributed by atoms with Crippen molar-refractivity contribution in [3.05, 3.63) is 36.0 Å². The number of nitrogens with zero attached hydrogens (tertiary/aromatic N) is 1. The smallest absolute Gasteiger partial charge is 0.249 e. The van der Waals surface area contributed by atoms with Gasteiger partial charge in [-0.2, -0.15) is 0 Å². The average Bonchev–Trinajstić information content (AvgIpc) is 2.61. The number of allylic oxidation sites excluding steroid dienone is 3. The number of carbonyl (C=O) groups is 3. The Morgan fingerprint density at radius 1 is 1.29 bits per heavy atom. The zero-order valence-electron chi connectivity index (χ0n) is 15.9. The van der Waals surface area contributed by atoms with Gasteiger partial charge in [-0.1, -0.05) is 52.5 Å². The van der Waals surface area contributed by atoms with Crippen LogP contribution in [0.15, 0.2) is 36.0 Å². The first kappa shape index (κ1) is 24.1. The number of rotatable bonds is 6. The Morgan fingerprint density at radius 3 is 2.33 bits per heavy atom. The molecule has 24 heavy (non-hydrogen) atoms. The molecule has 136 valence electrons. The molecule has 1 N–H and O–H groups in total. The molecule has 0 spiro atoms. The molecule has 5 heteroatoms. The van der Waals surface area contributed by atoms with Crippen LogP contribution >= 0.6 is 0 Å². The molecule has 0 saturated carbocycles. The molecule has 0 aliphatic carbocycles. The maximum Gasteiger partial charge on any atom is 0.249 e.